The third-order valence-corrected chi connectivity index (χ3v) is 4.91. The third-order valence-electron chi connectivity index (χ3n) is 4.58. The predicted molar refractivity (Wildman–Crippen MR) is 115 cm³/mol. The number of nitriles is 1. The van der Waals surface area contributed by atoms with Gasteiger partial charge >= 0.3 is 5.97 Å². The second-order valence-corrected chi connectivity index (χ2v) is 7.07. The first-order valence-corrected chi connectivity index (χ1v) is 9.43. The first-order valence-electron chi connectivity index (χ1n) is 9.05. The smallest absolute Gasteiger partial charge is 0.339 e. The number of aromatic nitrogens is 2. The van der Waals surface area contributed by atoms with Gasteiger partial charge in [0.15, 0.2) is 0 Å². The lowest BCUT2D eigenvalue weighted by Crippen LogP contribution is -2.02. The number of methoxy groups -OCH3 is 1. The van der Waals surface area contributed by atoms with Crippen molar-refractivity contribution in [1.82, 2.24) is 9.97 Å². The Kier molecular flexibility index (Phi) is 5.13. The van der Waals surface area contributed by atoms with Crippen LogP contribution in [0.1, 0.15) is 27.5 Å². The highest BCUT2D eigenvalue weighted by Crippen LogP contribution is 2.29. The van der Waals surface area contributed by atoms with Crippen LogP contribution in [-0.2, 0) is 4.74 Å². The molecule has 1 N–H and O–H groups in total. The number of allylic oxidation sites excluding steroid dienone is 1. The van der Waals surface area contributed by atoms with Crippen LogP contribution in [0.2, 0.25) is 5.02 Å². The molecule has 4 aromatic rings. The minimum absolute atomic E-state index is 0.250. The standard InChI is InChI=1S/C23H16ClN3O3/c1-13-3-7-19-20(9-13)27-22(26-19)15(12-25)10-16-5-8-21(30-16)14-4-6-18(24)17(11-14)23(28)29-2/h3-11H,1-2H3,(H,26,27)/b15-10-. The van der Waals surface area contributed by atoms with Gasteiger partial charge in [0.05, 0.1) is 34.3 Å². The van der Waals surface area contributed by atoms with Crippen molar-refractivity contribution in [3.63, 3.8) is 0 Å². The molecule has 2 aromatic heterocycles. The van der Waals surface area contributed by atoms with Crippen LogP contribution in [0, 0.1) is 18.3 Å². The van der Waals surface area contributed by atoms with E-state index in [4.69, 9.17) is 20.8 Å². The number of fused-ring (bicyclic) bond motifs is 1. The number of H-pyrrole nitrogens is 1. The molecule has 0 aliphatic carbocycles. The highest BCUT2D eigenvalue weighted by Gasteiger charge is 2.14. The van der Waals surface area contributed by atoms with Crippen LogP contribution in [0.25, 0.3) is 34.0 Å². The zero-order valence-corrected chi connectivity index (χ0v) is 16.9. The maximum Gasteiger partial charge on any atom is 0.339 e. The fraction of sp³-hybridized carbons (Fsp3) is 0.0870. The summed E-state index contributed by atoms with van der Waals surface area (Å²) in [7, 11) is 1.30. The number of nitrogens with zero attached hydrogens (tertiary/aromatic N) is 2. The summed E-state index contributed by atoms with van der Waals surface area (Å²) < 4.78 is 10.6. The summed E-state index contributed by atoms with van der Waals surface area (Å²) in [6, 6.07) is 16.5. The van der Waals surface area contributed by atoms with E-state index in [1.165, 1.54) is 7.11 Å². The molecule has 148 valence electrons. The molecule has 30 heavy (non-hydrogen) atoms. The number of ether oxygens (including phenoxy) is 1. The Morgan fingerprint density at radius 3 is 2.83 bits per heavy atom. The number of hydrogen-bond donors (Lipinski definition) is 1. The number of benzene rings is 2. The lowest BCUT2D eigenvalue weighted by molar-refractivity contribution is 0.0601. The summed E-state index contributed by atoms with van der Waals surface area (Å²) in [6.45, 7) is 1.99. The van der Waals surface area contributed by atoms with Crippen LogP contribution in [0.3, 0.4) is 0 Å². The van der Waals surface area contributed by atoms with Crippen LogP contribution in [-0.4, -0.2) is 23.0 Å². The Morgan fingerprint density at radius 2 is 2.07 bits per heavy atom. The van der Waals surface area contributed by atoms with Gasteiger partial charge in [0.25, 0.3) is 0 Å². The molecule has 6 nitrogen and oxygen atoms in total. The molecule has 0 unspecified atom stereocenters. The van der Waals surface area contributed by atoms with E-state index in [1.54, 1.807) is 36.4 Å². The van der Waals surface area contributed by atoms with Gasteiger partial charge in [-0.3, -0.25) is 0 Å². The molecule has 2 aromatic carbocycles. The van der Waals surface area contributed by atoms with Gasteiger partial charge in [0.2, 0.25) is 0 Å². The van der Waals surface area contributed by atoms with E-state index < -0.39 is 5.97 Å². The molecule has 7 heteroatoms. The van der Waals surface area contributed by atoms with E-state index in [0.29, 0.717) is 33.5 Å². The number of aryl methyl sites for hydroxylation is 1. The topological polar surface area (TPSA) is 91.9 Å². The van der Waals surface area contributed by atoms with Crippen molar-refractivity contribution in [3.05, 3.63) is 76.3 Å². The molecule has 4 rings (SSSR count). The van der Waals surface area contributed by atoms with Gasteiger partial charge in [-0.05, 0) is 55.0 Å². The molecule has 0 bridgehead atoms. The average Bonchev–Trinajstić information content (AvgIpc) is 3.38. The van der Waals surface area contributed by atoms with Gasteiger partial charge in [-0.25, -0.2) is 9.78 Å². The number of esters is 1. The number of furan rings is 1. The zero-order valence-electron chi connectivity index (χ0n) is 16.2. The summed E-state index contributed by atoms with van der Waals surface area (Å²) in [5.74, 6) is 0.948. The summed E-state index contributed by atoms with van der Waals surface area (Å²) in [5.41, 5.74) is 4.01. The molecule has 0 atom stereocenters. The molecule has 0 fully saturated rings. The third kappa shape index (κ3) is 3.71. The first kappa shape index (κ1) is 19.5. The van der Waals surface area contributed by atoms with Crippen LogP contribution in [0.5, 0.6) is 0 Å². The number of carbonyl (C=O) groups excluding carboxylic acids is 1. The van der Waals surface area contributed by atoms with Crippen molar-refractivity contribution in [2.45, 2.75) is 6.92 Å². The SMILES string of the molecule is COC(=O)c1cc(-c2ccc(/C=C(/C#N)c3nc4ccc(C)cc4[nH]3)o2)ccc1Cl. The van der Waals surface area contributed by atoms with E-state index in [2.05, 4.69) is 16.0 Å². The second kappa shape index (κ2) is 7.90. The molecular formula is C23H16ClN3O3. The predicted octanol–water partition coefficient (Wildman–Crippen LogP) is 5.64. The van der Waals surface area contributed by atoms with E-state index in [9.17, 15) is 10.1 Å². The van der Waals surface area contributed by atoms with E-state index in [-0.39, 0.29) is 5.56 Å². The molecule has 0 saturated carbocycles. The average molecular weight is 418 g/mol. The summed E-state index contributed by atoms with van der Waals surface area (Å²) in [5, 5.41) is 9.91. The van der Waals surface area contributed by atoms with Gasteiger partial charge in [0, 0.05) is 11.6 Å². The van der Waals surface area contributed by atoms with Gasteiger partial charge in [0.1, 0.15) is 23.4 Å². The van der Waals surface area contributed by atoms with Crippen molar-refractivity contribution in [3.8, 4) is 17.4 Å². The quantitative estimate of drug-likeness (QED) is 0.343. The summed E-state index contributed by atoms with van der Waals surface area (Å²) >= 11 is 6.07. The zero-order chi connectivity index (χ0) is 21.3. The van der Waals surface area contributed by atoms with Gasteiger partial charge in [-0.2, -0.15) is 5.26 Å². The lowest BCUT2D eigenvalue weighted by atomic mass is 10.1. The molecule has 0 aliphatic rings. The molecule has 0 radical (unpaired) electrons. The minimum Gasteiger partial charge on any atom is -0.465 e. The van der Waals surface area contributed by atoms with Crippen molar-refractivity contribution in [2.24, 2.45) is 0 Å². The molecular weight excluding hydrogens is 402 g/mol. The van der Waals surface area contributed by atoms with Crippen molar-refractivity contribution < 1.29 is 13.9 Å². The van der Waals surface area contributed by atoms with Crippen LogP contribution in [0.4, 0.5) is 0 Å². The summed E-state index contributed by atoms with van der Waals surface area (Å²) in [6.07, 6.45) is 1.62. The second-order valence-electron chi connectivity index (χ2n) is 6.66. The van der Waals surface area contributed by atoms with Gasteiger partial charge in [-0.1, -0.05) is 17.7 Å². The first-order chi connectivity index (χ1) is 14.5. The number of hydrogen-bond acceptors (Lipinski definition) is 5. The Morgan fingerprint density at radius 1 is 1.23 bits per heavy atom. The Balaban J connectivity index is 1.68. The number of nitrogens with one attached hydrogen (secondary N) is 1. The molecule has 0 spiro atoms. The Bertz CT molecular complexity index is 1340. The van der Waals surface area contributed by atoms with Crippen LogP contribution in [0.15, 0.2) is 52.9 Å². The Hall–Kier alpha value is -3.82. The fourth-order valence-corrected chi connectivity index (χ4v) is 3.27. The van der Waals surface area contributed by atoms with Gasteiger partial charge in [-0.15, -0.1) is 0 Å². The fourth-order valence-electron chi connectivity index (χ4n) is 3.08. The Labute approximate surface area is 177 Å². The van der Waals surface area contributed by atoms with Crippen molar-refractivity contribution in [1.29, 1.82) is 5.26 Å². The number of imidazole rings is 1. The van der Waals surface area contributed by atoms with E-state index >= 15 is 0 Å². The number of rotatable bonds is 4. The highest BCUT2D eigenvalue weighted by molar-refractivity contribution is 6.33. The van der Waals surface area contributed by atoms with E-state index in [0.717, 1.165) is 16.6 Å². The summed E-state index contributed by atoms with van der Waals surface area (Å²) in [4.78, 5) is 19.5. The molecule has 0 aliphatic heterocycles. The maximum atomic E-state index is 11.9. The molecule has 0 amide bonds. The van der Waals surface area contributed by atoms with Crippen LogP contribution < -0.4 is 0 Å². The number of carbonyl (C=O) groups is 1. The number of aromatic amines is 1. The van der Waals surface area contributed by atoms with Crippen molar-refractivity contribution in [2.75, 3.05) is 7.11 Å². The number of halogens is 1. The normalized spacial score (nSPS) is 11.5. The van der Waals surface area contributed by atoms with Crippen LogP contribution >= 0.6 is 11.6 Å². The largest absolute Gasteiger partial charge is 0.465 e. The molecule has 0 saturated heterocycles. The van der Waals surface area contributed by atoms with Gasteiger partial charge < -0.3 is 14.1 Å². The highest BCUT2D eigenvalue weighted by atomic mass is 35.5. The minimum atomic E-state index is -0.527. The van der Waals surface area contributed by atoms with E-state index in [1.807, 2.05) is 25.1 Å². The maximum absolute atomic E-state index is 11.9. The van der Waals surface area contributed by atoms with Crippen molar-refractivity contribution >= 4 is 40.3 Å². The lowest BCUT2D eigenvalue weighted by Gasteiger charge is -2.04. The molecule has 2 heterocycles. The monoisotopic (exact) mass is 417 g/mol.